The van der Waals surface area contributed by atoms with E-state index in [-0.39, 0.29) is 25.3 Å². The molecule has 0 rings (SSSR count). The van der Waals surface area contributed by atoms with Crippen molar-refractivity contribution in [2.45, 2.75) is 26.7 Å². The zero-order valence-corrected chi connectivity index (χ0v) is 9.40. The number of hydrogen-bond acceptors (Lipinski definition) is 3. The zero-order valence-electron chi connectivity index (χ0n) is 9.40. The van der Waals surface area contributed by atoms with Crippen molar-refractivity contribution in [1.82, 2.24) is 5.32 Å². The van der Waals surface area contributed by atoms with Crippen molar-refractivity contribution in [3.63, 3.8) is 0 Å². The molecule has 0 aliphatic heterocycles. The molecule has 6 nitrogen and oxygen atoms in total. The third kappa shape index (κ3) is 6.00. The predicted octanol–water partition coefficient (Wildman–Crippen LogP) is 0.324. The molecular weight excluding hydrogens is 214 g/mol. The highest BCUT2D eigenvalue weighted by Crippen LogP contribution is 2.15. The molecule has 3 N–H and O–H groups in total. The van der Waals surface area contributed by atoms with Gasteiger partial charge in [0.15, 0.2) is 0 Å². The van der Waals surface area contributed by atoms with E-state index in [4.69, 9.17) is 10.2 Å². The Morgan fingerprint density at radius 3 is 2.06 bits per heavy atom. The summed E-state index contributed by atoms with van der Waals surface area (Å²) in [6.07, 6.45) is -0.403. The molecule has 0 aromatic heterocycles. The molecule has 16 heavy (non-hydrogen) atoms. The lowest BCUT2D eigenvalue weighted by Crippen LogP contribution is -2.36. The van der Waals surface area contributed by atoms with Crippen molar-refractivity contribution in [1.29, 1.82) is 0 Å². The number of amides is 1. The minimum absolute atomic E-state index is 0.0248. The van der Waals surface area contributed by atoms with Crippen molar-refractivity contribution >= 4 is 17.8 Å². The fraction of sp³-hybridized carbons (Fsp3) is 0.700. The quantitative estimate of drug-likeness (QED) is 0.585. The van der Waals surface area contributed by atoms with E-state index in [1.54, 1.807) is 13.8 Å². The molecule has 6 heteroatoms. The first-order chi connectivity index (χ1) is 7.34. The first-order valence-corrected chi connectivity index (χ1v) is 5.06. The Morgan fingerprint density at radius 2 is 1.69 bits per heavy atom. The van der Waals surface area contributed by atoms with Crippen LogP contribution < -0.4 is 5.32 Å². The molecule has 0 radical (unpaired) electrons. The second-order valence-corrected chi connectivity index (χ2v) is 3.88. The van der Waals surface area contributed by atoms with Gasteiger partial charge in [0, 0.05) is 6.54 Å². The van der Waals surface area contributed by atoms with Gasteiger partial charge in [-0.3, -0.25) is 14.4 Å². The molecular formula is C10H17NO5. The lowest BCUT2D eigenvalue weighted by atomic mass is 9.91. The molecule has 1 atom stereocenters. The maximum atomic E-state index is 11.5. The Labute approximate surface area is 93.6 Å². The maximum Gasteiger partial charge on any atom is 0.305 e. The van der Waals surface area contributed by atoms with Crippen LogP contribution in [-0.2, 0) is 14.4 Å². The summed E-state index contributed by atoms with van der Waals surface area (Å²) in [5, 5.41) is 19.4. The summed E-state index contributed by atoms with van der Waals surface area (Å²) in [6.45, 7) is 3.53. The minimum atomic E-state index is -1.04. The molecule has 0 fully saturated rings. The zero-order chi connectivity index (χ0) is 12.7. The van der Waals surface area contributed by atoms with Crippen LogP contribution in [0.3, 0.4) is 0 Å². The van der Waals surface area contributed by atoms with Crippen LogP contribution in [0.15, 0.2) is 0 Å². The molecule has 1 amide bonds. The van der Waals surface area contributed by atoms with Crippen molar-refractivity contribution < 1.29 is 24.6 Å². The molecule has 1 unspecified atom stereocenters. The normalized spacial score (nSPS) is 12.2. The van der Waals surface area contributed by atoms with Crippen LogP contribution in [0.25, 0.3) is 0 Å². The highest BCUT2D eigenvalue weighted by atomic mass is 16.4. The van der Waals surface area contributed by atoms with Gasteiger partial charge in [-0.2, -0.15) is 0 Å². The van der Waals surface area contributed by atoms with Gasteiger partial charge in [0.2, 0.25) is 5.91 Å². The fourth-order valence-electron chi connectivity index (χ4n) is 1.24. The van der Waals surface area contributed by atoms with E-state index >= 15 is 0 Å². The number of carbonyl (C=O) groups excluding carboxylic acids is 1. The summed E-state index contributed by atoms with van der Waals surface area (Å²) in [5.74, 6) is -3.16. The van der Waals surface area contributed by atoms with E-state index in [2.05, 4.69) is 5.32 Å². The van der Waals surface area contributed by atoms with Gasteiger partial charge in [0.05, 0.1) is 18.8 Å². The van der Waals surface area contributed by atoms with Gasteiger partial charge < -0.3 is 15.5 Å². The summed E-state index contributed by atoms with van der Waals surface area (Å²) in [4.78, 5) is 32.3. The Kier molecular flexibility index (Phi) is 6.14. The van der Waals surface area contributed by atoms with Gasteiger partial charge in [0.25, 0.3) is 0 Å². The number of rotatable bonds is 7. The Bertz CT molecular complexity index is 274. The second-order valence-electron chi connectivity index (χ2n) is 3.88. The summed E-state index contributed by atoms with van der Waals surface area (Å²) < 4.78 is 0. The summed E-state index contributed by atoms with van der Waals surface area (Å²) in [5.41, 5.74) is 0. The van der Waals surface area contributed by atoms with Crippen LogP contribution in [0.2, 0.25) is 0 Å². The molecule has 0 heterocycles. The third-order valence-electron chi connectivity index (χ3n) is 2.17. The largest absolute Gasteiger partial charge is 0.481 e. The molecule has 92 valence electrons. The Balaban J connectivity index is 4.17. The number of carboxylic acids is 2. The predicted molar refractivity (Wildman–Crippen MR) is 55.8 cm³/mol. The number of carboxylic acid groups (broad SMARTS) is 2. The monoisotopic (exact) mass is 231 g/mol. The highest BCUT2D eigenvalue weighted by Gasteiger charge is 2.24. The fourth-order valence-corrected chi connectivity index (χ4v) is 1.24. The van der Waals surface area contributed by atoms with Crippen molar-refractivity contribution in [2.24, 2.45) is 11.8 Å². The maximum absolute atomic E-state index is 11.5. The lowest BCUT2D eigenvalue weighted by Gasteiger charge is -2.17. The summed E-state index contributed by atoms with van der Waals surface area (Å²) in [7, 11) is 0. The topological polar surface area (TPSA) is 104 Å². The number of hydrogen-bond donors (Lipinski definition) is 3. The van der Waals surface area contributed by atoms with Crippen LogP contribution in [0.4, 0.5) is 0 Å². The minimum Gasteiger partial charge on any atom is -0.481 e. The van der Waals surface area contributed by atoms with E-state index in [0.29, 0.717) is 0 Å². The van der Waals surface area contributed by atoms with E-state index in [1.165, 1.54) is 0 Å². The summed E-state index contributed by atoms with van der Waals surface area (Å²) in [6, 6.07) is 0. The number of aliphatic carboxylic acids is 2. The molecule has 0 bridgehead atoms. The van der Waals surface area contributed by atoms with Crippen LogP contribution in [0.5, 0.6) is 0 Å². The molecule has 0 saturated carbocycles. The van der Waals surface area contributed by atoms with Gasteiger partial charge in [0.1, 0.15) is 0 Å². The van der Waals surface area contributed by atoms with Crippen LogP contribution in [0, 0.1) is 11.8 Å². The van der Waals surface area contributed by atoms with Gasteiger partial charge in [-0.15, -0.1) is 0 Å². The second kappa shape index (κ2) is 6.81. The van der Waals surface area contributed by atoms with Crippen LogP contribution in [-0.4, -0.2) is 34.6 Å². The van der Waals surface area contributed by atoms with E-state index in [0.717, 1.165) is 0 Å². The van der Waals surface area contributed by atoms with Crippen LogP contribution >= 0.6 is 0 Å². The number of nitrogens with one attached hydrogen (secondary N) is 1. The van der Waals surface area contributed by atoms with Crippen molar-refractivity contribution in [2.75, 3.05) is 6.54 Å². The standard InChI is InChI=1S/C10H17NO5/c1-6(2)7(5-9(14)15)10(16)11-4-3-8(12)13/h6-7H,3-5H2,1-2H3,(H,11,16)(H,12,13)(H,14,15). The van der Waals surface area contributed by atoms with Crippen molar-refractivity contribution in [3.05, 3.63) is 0 Å². The smallest absolute Gasteiger partial charge is 0.305 e. The Hall–Kier alpha value is -1.59. The average Bonchev–Trinajstić information content (AvgIpc) is 2.12. The third-order valence-corrected chi connectivity index (χ3v) is 2.17. The first kappa shape index (κ1) is 14.4. The van der Waals surface area contributed by atoms with Gasteiger partial charge in [-0.25, -0.2) is 0 Å². The van der Waals surface area contributed by atoms with E-state index in [9.17, 15) is 14.4 Å². The van der Waals surface area contributed by atoms with Crippen molar-refractivity contribution in [3.8, 4) is 0 Å². The van der Waals surface area contributed by atoms with E-state index in [1.807, 2.05) is 0 Å². The first-order valence-electron chi connectivity index (χ1n) is 5.06. The molecule has 0 saturated heterocycles. The molecule has 0 aromatic rings. The Morgan fingerprint density at radius 1 is 1.12 bits per heavy atom. The lowest BCUT2D eigenvalue weighted by molar-refractivity contribution is -0.142. The van der Waals surface area contributed by atoms with Crippen LogP contribution in [0.1, 0.15) is 26.7 Å². The highest BCUT2D eigenvalue weighted by molar-refractivity contribution is 5.83. The summed E-state index contributed by atoms with van der Waals surface area (Å²) >= 11 is 0. The molecule has 0 aromatic carbocycles. The average molecular weight is 231 g/mol. The van der Waals surface area contributed by atoms with Gasteiger partial charge in [-0.1, -0.05) is 13.8 Å². The molecule has 0 aliphatic rings. The molecule has 0 aliphatic carbocycles. The van der Waals surface area contributed by atoms with E-state index < -0.39 is 23.8 Å². The SMILES string of the molecule is CC(C)C(CC(=O)O)C(=O)NCCC(=O)O. The van der Waals surface area contributed by atoms with Gasteiger partial charge >= 0.3 is 11.9 Å². The van der Waals surface area contributed by atoms with Gasteiger partial charge in [-0.05, 0) is 5.92 Å². The molecule has 0 spiro atoms. The number of carbonyl (C=O) groups is 3.